The van der Waals surface area contributed by atoms with Crippen molar-refractivity contribution in [2.75, 3.05) is 24.5 Å². The fourth-order valence-corrected chi connectivity index (χ4v) is 4.40. The molecule has 6 heteroatoms. The van der Waals surface area contributed by atoms with Crippen LogP contribution in [0.15, 0.2) is 42.5 Å². The Labute approximate surface area is 184 Å². The summed E-state index contributed by atoms with van der Waals surface area (Å²) in [6, 6.07) is 13.9. The van der Waals surface area contributed by atoms with Crippen LogP contribution in [-0.2, 0) is 11.3 Å². The van der Waals surface area contributed by atoms with E-state index in [1.54, 1.807) is 0 Å². The van der Waals surface area contributed by atoms with Gasteiger partial charge in [0.05, 0.1) is 18.2 Å². The lowest BCUT2D eigenvalue weighted by atomic mass is 9.97. The maximum absolute atomic E-state index is 13.4. The van der Waals surface area contributed by atoms with Gasteiger partial charge >= 0.3 is 6.03 Å². The zero-order chi connectivity index (χ0) is 22.0. The number of nitrogens with zero attached hydrogens (tertiary/aromatic N) is 2. The van der Waals surface area contributed by atoms with E-state index in [2.05, 4.69) is 5.32 Å². The molecular formula is C25H31N3O3. The number of aryl methyl sites for hydroxylation is 2. The van der Waals surface area contributed by atoms with Gasteiger partial charge < -0.3 is 15.0 Å². The van der Waals surface area contributed by atoms with Crippen LogP contribution in [0.2, 0.25) is 0 Å². The standard InChI is InChI=1S/C25H31N3O3/c1-17-10-11-23-22(13-17)28(15-19(3)31-23)25(30)27-12-6-9-21(16-27)24(29)26-14-20-8-5-4-7-18(20)2/h4-5,7-8,10-11,13,19,21H,6,9,12,14-16H2,1-3H3,(H,26,29)/t19-,21-/m1/s1. The smallest absolute Gasteiger partial charge is 0.324 e. The summed E-state index contributed by atoms with van der Waals surface area (Å²) >= 11 is 0. The van der Waals surface area contributed by atoms with Crippen LogP contribution in [0.5, 0.6) is 5.75 Å². The van der Waals surface area contributed by atoms with Gasteiger partial charge in [0.2, 0.25) is 5.91 Å². The molecule has 0 aromatic heterocycles. The van der Waals surface area contributed by atoms with E-state index < -0.39 is 0 Å². The van der Waals surface area contributed by atoms with Crippen LogP contribution in [0.1, 0.15) is 36.5 Å². The van der Waals surface area contributed by atoms with Crippen LogP contribution < -0.4 is 15.0 Å². The van der Waals surface area contributed by atoms with Crippen molar-refractivity contribution in [1.82, 2.24) is 10.2 Å². The number of benzene rings is 2. The Morgan fingerprint density at radius 2 is 1.94 bits per heavy atom. The fraction of sp³-hybridized carbons (Fsp3) is 0.440. The molecule has 3 amide bonds. The normalized spacial score (nSPS) is 20.6. The molecular weight excluding hydrogens is 390 g/mol. The van der Waals surface area contributed by atoms with E-state index in [1.165, 1.54) is 5.56 Å². The first-order valence-electron chi connectivity index (χ1n) is 11.1. The van der Waals surface area contributed by atoms with Crippen LogP contribution in [0.4, 0.5) is 10.5 Å². The van der Waals surface area contributed by atoms with E-state index in [4.69, 9.17) is 4.74 Å². The number of nitrogens with one attached hydrogen (secondary N) is 1. The Kier molecular flexibility index (Phi) is 6.16. The number of hydrogen-bond acceptors (Lipinski definition) is 3. The Bertz CT molecular complexity index is 974. The maximum atomic E-state index is 13.4. The third-order valence-electron chi connectivity index (χ3n) is 6.18. The molecule has 2 heterocycles. The van der Waals surface area contributed by atoms with Crippen LogP contribution in [0.3, 0.4) is 0 Å². The number of hydrogen-bond donors (Lipinski definition) is 1. The first kappa shape index (κ1) is 21.2. The summed E-state index contributed by atoms with van der Waals surface area (Å²) < 4.78 is 5.92. The van der Waals surface area contributed by atoms with Gasteiger partial charge in [0, 0.05) is 19.6 Å². The molecule has 2 aliphatic heterocycles. The van der Waals surface area contributed by atoms with Crippen molar-refractivity contribution in [2.45, 2.75) is 46.3 Å². The summed E-state index contributed by atoms with van der Waals surface area (Å²) in [5.41, 5.74) is 4.18. The van der Waals surface area contributed by atoms with Crippen molar-refractivity contribution < 1.29 is 14.3 Å². The van der Waals surface area contributed by atoms with Crippen LogP contribution in [0.25, 0.3) is 0 Å². The molecule has 0 saturated carbocycles. The number of fused-ring (bicyclic) bond motifs is 1. The lowest BCUT2D eigenvalue weighted by molar-refractivity contribution is -0.126. The second-order valence-corrected chi connectivity index (χ2v) is 8.72. The average molecular weight is 422 g/mol. The summed E-state index contributed by atoms with van der Waals surface area (Å²) in [5, 5.41) is 3.07. The molecule has 164 valence electrons. The number of anilines is 1. The molecule has 2 aromatic carbocycles. The van der Waals surface area contributed by atoms with Crippen LogP contribution in [0, 0.1) is 19.8 Å². The quantitative estimate of drug-likeness (QED) is 0.814. The predicted octanol–water partition coefficient (Wildman–Crippen LogP) is 4.04. The third kappa shape index (κ3) is 4.68. The average Bonchev–Trinajstić information content (AvgIpc) is 2.77. The lowest BCUT2D eigenvalue weighted by Gasteiger charge is -2.39. The molecule has 2 aliphatic rings. The highest BCUT2D eigenvalue weighted by Crippen LogP contribution is 2.35. The van der Waals surface area contributed by atoms with Gasteiger partial charge in [-0.3, -0.25) is 9.69 Å². The molecule has 0 spiro atoms. The Hall–Kier alpha value is -3.02. The lowest BCUT2D eigenvalue weighted by Crippen LogP contribution is -2.53. The number of amides is 3. The summed E-state index contributed by atoms with van der Waals surface area (Å²) in [4.78, 5) is 29.9. The summed E-state index contributed by atoms with van der Waals surface area (Å²) in [6.07, 6.45) is 1.56. The van der Waals surface area contributed by atoms with Gasteiger partial charge in [0.1, 0.15) is 11.9 Å². The monoisotopic (exact) mass is 421 g/mol. The zero-order valence-corrected chi connectivity index (χ0v) is 18.6. The molecule has 31 heavy (non-hydrogen) atoms. The van der Waals surface area contributed by atoms with Crippen molar-refractivity contribution >= 4 is 17.6 Å². The Morgan fingerprint density at radius 3 is 2.74 bits per heavy atom. The van der Waals surface area contributed by atoms with Crippen LogP contribution >= 0.6 is 0 Å². The highest BCUT2D eigenvalue weighted by atomic mass is 16.5. The molecule has 1 fully saturated rings. The van der Waals surface area contributed by atoms with Crippen molar-refractivity contribution in [3.8, 4) is 5.75 Å². The predicted molar refractivity (Wildman–Crippen MR) is 121 cm³/mol. The van der Waals surface area contributed by atoms with E-state index >= 15 is 0 Å². The molecule has 0 aliphatic carbocycles. The minimum Gasteiger partial charge on any atom is -0.487 e. The zero-order valence-electron chi connectivity index (χ0n) is 18.6. The fourth-order valence-electron chi connectivity index (χ4n) is 4.40. The molecule has 0 bridgehead atoms. The van der Waals surface area contributed by atoms with E-state index in [0.29, 0.717) is 26.2 Å². The van der Waals surface area contributed by atoms with Crippen molar-refractivity contribution in [3.63, 3.8) is 0 Å². The minimum absolute atomic E-state index is 0.0207. The largest absolute Gasteiger partial charge is 0.487 e. The number of piperidine rings is 1. The number of carbonyl (C=O) groups is 2. The van der Waals surface area contributed by atoms with Crippen molar-refractivity contribution in [3.05, 3.63) is 59.2 Å². The first-order chi connectivity index (χ1) is 14.9. The molecule has 2 atom stereocenters. The molecule has 0 unspecified atom stereocenters. The van der Waals surface area contributed by atoms with E-state index in [9.17, 15) is 9.59 Å². The van der Waals surface area contributed by atoms with E-state index in [1.807, 2.05) is 73.0 Å². The van der Waals surface area contributed by atoms with E-state index in [0.717, 1.165) is 35.4 Å². The summed E-state index contributed by atoms with van der Waals surface area (Å²) in [7, 11) is 0. The minimum atomic E-state index is -0.183. The highest BCUT2D eigenvalue weighted by molar-refractivity contribution is 5.95. The molecule has 0 radical (unpaired) electrons. The number of urea groups is 1. The van der Waals surface area contributed by atoms with Gasteiger partial charge in [-0.2, -0.15) is 0 Å². The SMILES string of the molecule is Cc1ccc2c(c1)N(C(=O)N1CCC[C@@H](C(=O)NCc3ccccc3C)C1)C[C@@H](C)O2. The number of likely N-dealkylation sites (tertiary alicyclic amines) is 1. The molecule has 6 nitrogen and oxygen atoms in total. The molecule has 1 N–H and O–H groups in total. The van der Waals surface area contributed by atoms with Gasteiger partial charge in [-0.1, -0.05) is 30.3 Å². The molecule has 4 rings (SSSR count). The second kappa shape index (κ2) is 9.00. The molecule has 1 saturated heterocycles. The number of rotatable bonds is 3. The van der Waals surface area contributed by atoms with Gasteiger partial charge in [-0.25, -0.2) is 4.79 Å². The Morgan fingerprint density at radius 1 is 1.13 bits per heavy atom. The summed E-state index contributed by atoms with van der Waals surface area (Å²) in [5.74, 6) is 0.576. The third-order valence-corrected chi connectivity index (χ3v) is 6.18. The maximum Gasteiger partial charge on any atom is 0.324 e. The topological polar surface area (TPSA) is 61.9 Å². The van der Waals surface area contributed by atoms with Gasteiger partial charge in [-0.05, 0) is 62.4 Å². The summed E-state index contributed by atoms with van der Waals surface area (Å²) in [6.45, 7) is 8.18. The number of carbonyl (C=O) groups excluding carboxylic acids is 2. The van der Waals surface area contributed by atoms with Crippen molar-refractivity contribution in [2.24, 2.45) is 5.92 Å². The van der Waals surface area contributed by atoms with Gasteiger partial charge in [0.15, 0.2) is 0 Å². The Balaban J connectivity index is 1.43. The molecule has 2 aromatic rings. The highest BCUT2D eigenvalue weighted by Gasteiger charge is 2.34. The second-order valence-electron chi connectivity index (χ2n) is 8.72. The first-order valence-corrected chi connectivity index (χ1v) is 11.1. The number of ether oxygens (including phenoxy) is 1. The van der Waals surface area contributed by atoms with Crippen molar-refractivity contribution in [1.29, 1.82) is 0 Å². The van der Waals surface area contributed by atoms with Gasteiger partial charge in [-0.15, -0.1) is 0 Å². The van der Waals surface area contributed by atoms with Gasteiger partial charge in [0.25, 0.3) is 0 Å². The van der Waals surface area contributed by atoms with Crippen LogP contribution in [-0.4, -0.2) is 42.6 Å². The van der Waals surface area contributed by atoms with E-state index in [-0.39, 0.29) is 24.0 Å².